The van der Waals surface area contributed by atoms with Crippen LogP contribution in [0.4, 0.5) is 0 Å². The number of hydrogen-bond donors (Lipinski definition) is 0. The first-order chi connectivity index (χ1) is 0. The second-order valence-corrected chi connectivity index (χ2v) is 0. The average Bonchev–Trinajstić information content (AvgIpc) is 0. The Morgan fingerprint density at radius 1 is 0.500 bits per heavy atom. The molecule has 0 aromatic heterocycles. The van der Waals surface area contributed by atoms with Gasteiger partial charge in [0.2, 0.25) is 0 Å². The van der Waals surface area contributed by atoms with Gasteiger partial charge in [-0.25, -0.2) is 0 Å². The number of rotatable bonds is 0. The third-order valence-electron chi connectivity index (χ3n) is 0. The summed E-state index contributed by atoms with van der Waals surface area (Å²) in [5.41, 5.74) is 0. The zero-order chi connectivity index (χ0) is 0. The zero-order valence-corrected chi connectivity index (χ0v) is 12.2. The topological polar surface area (TPSA) is 0 Å². The minimum Gasteiger partial charge on any atom is -0.358 e. The molecule has 0 N–H and O–H groups in total. The van der Waals surface area contributed by atoms with Crippen LogP contribution in [-0.4, -0.2) is 0 Å². The summed E-state index contributed by atoms with van der Waals surface area (Å²) in [7, 11) is 0. The maximum Gasteiger partial charge on any atom is 1.00 e. The van der Waals surface area contributed by atoms with Crippen molar-refractivity contribution in [1.29, 1.82) is 0 Å². The van der Waals surface area contributed by atoms with Gasteiger partial charge in [-0.3, -0.25) is 0 Å². The van der Waals surface area contributed by atoms with Gasteiger partial charge in [0.25, 0.3) is 0 Å². The van der Waals surface area contributed by atoms with Crippen molar-refractivity contribution in [2.24, 2.45) is 0 Å². The van der Waals surface area contributed by atoms with Crippen LogP contribution in [0.25, 0.3) is 0 Å². The second-order valence-electron chi connectivity index (χ2n) is 0. The predicted octanol–water partition coefficient (Wildman–Crippen LogP) is -4.19. The van der Waals surface area contributed by atoms with Crippen molar-refractivity contribution in [3.63, 3.8) is 0 Å². The van der Waals surface area contributed by atoms with Crippen LogP contribution in [0.1, 0.15) is 0 Å². The van der Waals surface area contributed by atoms with Gasteiger partial charge in [0.05, 0.1) is 0 Å². The molecule has 6 heavy (non-hydrogen) atoms. The Hall–Kier alpha value is 3.14. The summed E-state index contributed by atoms with van der Waals surface area (Å²) in [6.07, 6.45) is 0. The van der Waals surface area contributed by atoms with Crippen LogP contribution in [0.3, 0.4) is 0 Å². The SMILES string of the molecule is [CH3+].[CH3-].[CH3-].[CH3-].[K+].[K+]. The molecule has 0 bridgehead atoms. The standard InChI is InChI=1S/4CH3.2K/h4*1H3;;/q3*-1;3*+1. The third-order valence-corrected chi connectivity index (χ3v) is 0. The van der Waals surface area contributed by atoms with E-state index in [1.54, 1.807) is 0 Å². The Bertz CT molecular complexity index is 5.51. The van der Waals surface area contributed by atoms with E-state index in [-0.39, 0.29) is 132 Å². The van der Waals surface area contributed by atoms with E-state index in [1.165, 1.54) is 0 Å². The molecule has 0 rings (SSSR count). The van der Waals surface area contributed by atoms with Gasteiger partial charge in [0, 0.05) is 7.43 Å². The minimum atomic E-state index is 0. The van der Waals surface area contributed by atoms with E-state index in [4.69, 9.17) is 0 Å². The largest absolute Gasteiger partial charge is 1.00 e. The number of hydrogen-bond acceptors (Lipinski definition) is 0. The normalized spacial score (nSPS) is 0. The molecule has 0 amide bonds. The average molecular weight is 138 g/mol. The van der Waals surface area contributed by atoms with Gasteiger partial charge in [-0.2, -0.15) is 0 Å². The fourth-order valence-corrected chi connectivity index (χ4v) is 0. The van der Waals surface area contributed by atoms with Crippen LogP contribution in [-0.2, 0) is 0 Å². The quantitative estimate of drug-likeness (QED) is 0.235. The summed E-state index contributed by atoms with van der Waals surface area (Å²) in [6.45, 7) is 0. The van der Waals surface area contributed by atoms with Crippen molar-refractivity contribution in [2.45, 2.75) is 0 Å². The minimum absolute atomic E-state index is 0. The summed E-state index contributed by atoms with van der Waals surface area (Å²) in [6, 6.07) is 0. The summed E-state index contributed by atoms with van der Waals surface area (Å²) in [4.78, 5) is 0. The molecule has 0 radical (unpaired) electrons. The van der Waals surface area contributed by atoms with E-state index in [0.29, 0.717) is 0 Å². The Morgan fingerprint density at radius 3 is 0.500 bits per heavy atom. The van der Waals surface area contributed by atoms with E-state index < -0.39 is 0 Å². The molecule has 0 heterocycles. The van der Waals surface area contributed by atoms with Crippen LogP contribution in [0.5, 0.6) is 0 Å². The molecule has 0 aliphatic carbocycles. The van der Waals surface area contributed by atoms with Gasteiger partial charge < -0.3 is 22.3 Å². The maximum absolute atomic E-state index is 0. The molecule has 2 heteroatoms. The molecule has 0 atom stereocenters. The first kappa shape index (κ1) is 61.4. The van der Waals surface area contributed by atoms with Crippen LogP contribution in [0, 0.1) is 29.7 Å². The Morgan fingerprint density at radius 2 is 0.500 bits per heavy atom. The monoisotopic (exact) mass is 138 g/mol. The molecule has 0 nitrogen and oxygen atoms in total. The van der Waals surface area contributed by atoms with Crippen molar-refractivity contribution in [2.75, 3.05) is 0 Å². The van der Waals surface area contributed by atoms with Crippen molar-refractivity contribution >= 4 is 0 Å². The molecule has 0 aromatic carbocycles. The second kappa shape index (κ2) is 42.1. The Balaban J connectivity index is 0. The van der Waals surface area contributed by atoms with Gasteiger partial charge in [0.1, 0.15) is 0 Å². The Kier molecular flexibility index (Phi) is 430. The molecule has 0 spiro atoms. The van der Waals surface area contributed by atoms with Crippen molar-refractivity contribution in [3.05, 3.63) is 29.7 Å². The summed E-state index contributed by atoms with van der Waals surface area (Å²) in [5.74, 6) is 0. The molecule has 0 aliphatic heterocycles. The molecule has 30 valence electrons. The van der Waals surface area contributed by atoms with Crippen LogP contribution in [0.2, 0.25) is 0 Å². The molecule has 0 unspecified atom stereocenters. The zero-order valence-electron chi connectivity index (χ0n) is 6.00. The summed E-state index contributed by atoms with van der Waals surface area (Å²) in [5, 5.41) is 0. The van der Waals surface area contributed by atoms with Crippen molar-refractivity contribution < 1.29 is 103 Å². The molecular formula is C4H12K2. The van der Waals surface area contributed by atoms with Gasteiger partial charge >= 0.3 is 103 Å². The molecule has 0 aromatic rings. The van der Waals surface area contributed by atoms with E-state index >= 15 is 0 Å². The van der Waals surface area contributed by atoms with Crippen LogP contribution in [0.15, 0.2) is 0 Å². The molecular weight excluding hydrogens is 126 g/mol. The fraction of sp³-hybridized carbons (Fsp3) is 0. The first-order valence-electron chi connectivity index (χ1n) is 0. The van der Waals surface area contributed by atoms with Crippen molar-refractivity contribution in [1.82, 2.24) is 0 Å². The van der Waals surface area contributed by atoms with Gasteiger partial charge in [-0.1, -0.05) is 0 Å². The van der Waals surface area contributed by atoms with Crippen LogP contribution >= 0.6 is 0 Å². The van der Waals surface area contributed by atoms with Gasteiger partial charge in [-0.15, -0.1) is 0 Å². The molecule has 0 saturated heterocycles. The first-order valence-corrected chi connectivity index (χ1v) is 0. The smallest absolute Gasteiger partial charge is 0.358 e. The fourth-order valence-electron chi connectivity index (χ4n) is 0. The van der Waals surface area contributed by atoms with E-state index in [0.717, 1.165) is 0 Å². The van der Waals surface area contributed by atoms with E-state index in [1.807, 2.05) is 0 Å². The summed E-state index contributed by atoms with van der Waals surface area (Å²) >= 11 is 0. The third kappa shape index (κ3) is 27.3. The van der Waals surface area contributed by atoms with Gasteiger partial charge in [0.15, 0.2) is 0 Å². The van der Waals surface area contributed by atoms with Gasteiger partial charge in [-0.05, 0) is 0 Å². The summed E-state index contributed by atoms with van der Waals surface area (Å²) < 4.78 is 0. The van der Waals surface area contributed by atoms with E-state index in [2.05, 4.69) is 0 Å². The molecule has 0 saturated carbocycles. The van der Waals surface area contributed by atoms with E-state index in [9.17, 15) is 0 Å². The molecule has 0 fully saturated rings. The maximum atomic E-state index is 0. The van der Waals surface area contributed by atoms with Crippen molar-refractivity contribution in [3.8, 4) is 0 Å². The predicted molar refractivity (Wildman–Crippen MR) is 25.7 cm³/mol. The Labute approximate surface area is 129 Å². The van der Waals surface area contributed by atoms with Crippen LogP contribution < -0.4 is 103 Å². The molecule has 0 aliphatic rings.